The first-order valence-corrected chi connectivity index (χ1v) is 8.55. The van der Waals surface area contributed by atoms with E-state index >= 15 is 0 Å². The Morgan fingerprint density at radius 2 is 2.50 bits per heavy atom. The smallest absolute Gasteiger partial charge is 0.272 e. The molecule has 2 aromatic rings. The zero-order valence-corrected chi connectivity index (χ0v) is 13.5. The Balaban J connectivity index is 1.56. The van der Waals surface area contributed by atoms with Gasteiger partial charge in [0.05, 0.1) is 12.6 Å². The number of hydrogen-bond donors (Lipinski definition) is 2. The van der Waals surface area contributed by atoms with E-state index in [0.717, 1.165) is 37.4 Å². The molecule has 0 radical (unpaired) electrons. The second-order valence-electron chi connectivity index (χ2n) is 5.44. The van der Waals surface area contributed by atoms with Crippen LogP contribution in [-0.2, 0) is 13.0 Å². The van der Waals surface area contributed by atoms with E-state index in [4.69, 9.17) is 0 Å². The fourth-order valence-corrected chi connectivity index (χ4v) is 3.36. The lowest BCUT2D eigenvalue weighted by Gasteiger charge is -2.22. The quantitative estimate of drug-likeness (QED) is 0.881. The van der Waals surface area contributed by atoms with Crippen molar-refractivity contribution in [2.24, 2.45) is 0 Å². The van der Waals surface area contributed by atoms with Gasteiger partial charge in [-0.1, -0.05) is 6.92 Å². The van der Waals surface area contributed by atoms with E-state index in [9.17, 15) is 4.79 Å². The summed E-state index contributed by atoms with van der Waals surface area (Å²) in [5, 5.41) is 11.6. The topological polar surface area (TPSA) is 71.8 Å². The van der Waals surface area contributed by atoms with E-state index in [1.165, 1.54) is 4.88 Å². The molecule has 1 atom stereocenters. The summed E-state index contributed by atoms with van der Waals surface area (Å²) >= 11 is 1.64. The number of carbonyl (C=O) groups excluding carboxylic acids is 1. The fourth-order valence-electron chi connectivity index (χ4n) is 2.56. The van der Waals surface area contributed by atoms with Crippen molar-refractivity contribution in [2.75, 3.05) is 13.1 Å². The van der Waals surface area contributed by atoms with Gasteiger partial charge in [-0.05, 0) is 31.9 Å². The molecule has 2 N–H and O–H groups in total. The number of aryl methyl sites for hydroxylation is 1. The minimum atomic E-state index is -0.143. The van der Waals surface area contributed by atoms with Gasteiger partial charge in [-0.25, -0.2) is 4.98 Å². The minimum absolute atomic E-state index is 0.143. The summed E-state index contributed by atoms with van der Waals surface area (Å²) in [6.07, 6.45) is 7.00. The Hall–Kier alpha value is -1.73. The molecule has 0 saturated carbocycles. The van der Waals surface area contributed by atoms with Crippen LogP contribution >= 0.6 is 11.3 Å². The molecule has 22 heavy (non-hydrogen) atoms. The van der Waals surface area contributed by atoms with E-state index in [1.807, 2.05) is 17.1 Å². The van der Waals surface area contributed by atoms with Gasteiger partial charge in [0.15, 0.2) is 0 Å². The van der Waals surface area contributed by atoms with Crippen molar-refractivity contribution in [1.82, 2.24) is 25.4 Å². The predicted molar refractivity (Wildman–Crippen MR) is 86.0 cm³/mol. The van der Waals surface area contributed by atoms with Gasteiger partial charge in [0.1, 0.15) is 10.7 Å². The van der Waals surface area contributed by atoms with E-state index in [0.29, 0.717) is 18.3 Å². The molecule has 2 aromatic heterocycles. The average Bonchev–Trinajstić information content (AvgIpc) is 3.22. The highest BCUT2D eigenvalue weighted by atomic mass is 32.1. The first-order valence-electron chi connectivity index (χ1n) is 7.74. The molecule has 1 amide bonds. The molecule has 1 unspecified atom stereocenters. The normalized spacial score (nSPS) is 18.3. The molecule has 1 fully saturated rings. The molecule has 1 saturated heterocycles. The van der Waals surface area contributed by atoms with Crippen LogP contribution in [0.4, 0.5) is 0 Å². The number of carbonyl (C=O) groups is 1. The van der Waals surface area contributed by atoms with Gasteiger partial charge >= 0.3 is 0 Å². The number of aromatic nitrogens is 3. The van der Waals surface area contributed by atoms with Gasteiger partial charge in [-0.2, -0.15) is 5.10 Å². The van der Waals surface area contributed by atoms with Gasteiger partial charge in [-0.3, -0.25) is 9.48 Å². The molecule has 0 spiro atoms. The van der Waals surface area contributed by atoms with Crippen LogP contribution in [0.2, 0.25) is 0 Å². The van der Waals surface area contributed by atoms with Crippen LogP contribution in [0.15, 0.2) is 18.5 Å². The number of nitrogens with one attached hydrogen (secondary N) is 2. The maximum atomic E-state index is 12.2. The van der Waals surface area contributed by atoms with Crippen molar-refractivity contribution in [3.63, 3.8) is 0 Å². The highest BCUT2D eigenvalue weighted by Gasteiger charge is 2.17. The largest absolute Gasteiger partial charge is 0.344 e. The second kappa shape index (κ2) is 7.02. The van der Waals surface area contributed by atoms with Crippen molar-refractivity contribution >= 4 is 17.2 Å². The minimum Gasteiger partial charge on any atom is -0.344 e. The van der Waals surface area contributed by atoms with Crippen LogP contribution in [0.25, 0.3) is 0 Å². The maximum Gasteiger partial charge on any atom is 0.272 e. The van der Waals surface area contributed by atoms with Crippen molar-refractivity contribution in [3.8, 4) is 0 Å². The van der Waals surface area contributed by atoms with Gasteiger partial charge in [-0.15, -0.1) is 11.3 Å². The van der Waals surface area contributed by atoms with Gasteiger partial charge < -0.3 is 10.6 Å². The van der Waals surface area contributed by atoms with E-state index < -0.39 is 0 Å². The SMILES string of the molecule is CCc1cnc(CNC(=O)c2ccn(C3CCCNC3)n2)s1. The number of nitrogens with zero attached hydrogens (tertiary/aromatic N) is 3. The second-order valence-corrected chi connectivity index (χ2v) is 6.64. The van der Waals surface area contributed by atoms with Crippen LogP contribution in [0.5, 0.6) is 0 Å². The van der Waals surface area contributed by atoms with Crippen LogP contribution in [-0.4, -0.2) is 33.8 Å². The molecule has 3 rings (SSSR count). The molecule has 3 heterocycles. The number of thiazole rings is 1. The number of piperidine rings is 1. The fraction of sp³-hybridized carbons (Fsp3) is 0.533. The summed E-state index contributed by atoms with van der Waals surface area (Å²) in [5.41, 5.74) is 0.470. The van der Waals surface area contributed by atoms with Crippen LogP contribution in [0.3, 0.4) is 0 Å². The molecule has 1 aliphatic rings. The summed E-state index contributed by atoms with van der Waals surface area (Å²) in [6, 6.07) is 2.13. The van der Waals surface area contributed by atoms with Crippen LogP contribution < -0.4 is 10.6 Å². The Kier molecular flexibility index (Phi) is 4.84. The average molecular weight is 319 g/mol. The van der Waals surface area contributed by atoms with Gasteiger partial charge in [0, 0.05) is 23.8 Å². The van der Waals surface area contributed by atoms with E-state index in [-0.39, 0.29) is 5.91 Å². The molecular formula is C15H21N5OS. The lowest BCUT2D eigenvalue weighted by Crippen LogP contribution is -2.32. The molecule has 118 valence electrons. The van der Waals surface area contributed by atoms with Gasteiger partial charge in [0.2, 0.25) is 0 Å². The predicted octanol–water partition coefficient (Wildman–Crippen LogP) is 1.76. The first kappa shape index (κ1) is 15.2. The molecular weight excluding hydrogens is 298 g/mol. The Labute approximate surface area is 133 Å². The monoisotopic (exact) mass is 319 g/mol. The Bertz CT molecular complexity index is 629. The molecule has 7 heteroatoms. The summed E-state index contributed by atoms with van der Waals surface area (Å²) in [4.78, 5) is 17.7. The van der Waals surface area contributed by atoms with Gasteiger partial charge in [0.25, 0.3) is 5.91 Å². The number of rotatable bonds is 5. The lowest BCUT2D eigenvalue weighted by molar-refractivity contribution is 0.0944. The molecule has 6 nitrogen and oxygen atoms in total. The zero-order valence-electron chi connectivity index (χ0n) is 12.7. The van der Waals surface area contributed by atoms with E-state index in [2.05, 4.69) is 27.6 Å². The Morgan fingerprint density at radius 1 is 1.59 bits per heavy atom. The molecule has 0 bridgehead atoms. The van der Waals surface area contributed by atoms with Crippen molar-refractivity contribution in [1.29, 1.82) is 0 Å². The highest BCUT2D eigenvalue weighted by molar-refractivity contribution is 7.11. The van der Waals surface area contributed by atoms with Crippen LogP contribution in [0.1, 0.15) is 46.2 Å². The number of hydrogen-bond acceptors (Lipinski definition) is 5. The zero-order chi connectivity index (χ0) is 15.4. The first-order chi connectivity index (χ1) is 10.8. The van der Waals surface area contributed by atoms with Crippen molar-refractivity contribution in [3.05, 3.63) is 34.0 Å². The van der Waals surface area contributed by atoms with E-state index in [1.54, 1.807) is 17.4 Å². The molecule has 1 aliphatic heterocycles. The summed E-state index contributed by atoms with van der Waals surface area (Å²) in [5.74, 6) is -0.143. The maximum absolute atomic E-state index is 12.2. The molecule has 0 aliphatic carbocycles. The Morgan fingerprint density at radius 3 is 3.23 bits per heavy atom. The summed E-state index contributed by atoms with van der Waals surface area (Å²) < 4.78 is 1.90. The van der Waals surface area contributed by atoms with Crippen LogP contribution in [0, 0.1) is 0 Å². The molecule has 0 aromatic carbocycles. The number of amides is 1. The van der Waals surface area contributed by atoms with Crippen molar-refractivity contribution < 1.29 is 4.79 Å². The summed E-state index contributed by atoms with van der Waals surface area (Å²) in [6.45, 7) is 4.55. The summed E-state index contributed by atoms with van der Waals surface area (Å²) in [7, 11) is 0. The standard InChI is InChI=1S/C15H21N5OS/c1-2-12-9-17-14(22-12)10-18-15(21)13-5-7-20(19-13)11-4-3-6-16-8-11/h5,7,9,11,16H,2-4,6,8,10H2,1H3,(H,18,21). The third kappa shape index (κ3) is 3.53. The lowest BCUT2D eigenvalue weighted by atomic mass is 10.1. The third-order valence-electron chi connectivity index (χ3n) is 3.84. The highest BCUT2D eigenvalue weighted by Crippen LogP contribution is 2.16. The third-order valence-corrected chi connectivity index (χ3v) is 4.98. The van der Waals surface area contributed by atoms with Crippen molar-refractivity contribution in [2.45, 2.75) is 38.8 Å².